The van der Waals surface area contributed by atoms with E-state index < -0.39 is 0 Å². The second-order valence-electron chi connectivity index (χ2n) is 7.38. The van der Waals surface area contributed by atoms with E-state index in [0.717, 1.165) is 30.4 Å². The highest BCUT2D eigenvalue weighted by Crippen LogP contribution is 2.24. The summed E-state index contributed by atoms with van der Waals surface area (Å²) < 4.78 is 5.33. The van der Waals surface area contributed by atoms with Crippen LogP contribution in [0.15, 0.2) is 47.5 Å². The number of anilines is 1. The molecule has 0 spiro atoms. The number of aliphatic imine (C=N–C) groups is 1. The van der Waals surface area contributed by atoms with E-state index in [1.165, 1.54) is 29.7 Å². The van der Waals surface area contributed by atoms with E-state index in [1.807, 2.05) is 13.1 Å². The molecule has 3 rings (SSSR count). The third-order valence-electron chi connectivity index (χ3n) is 5.34. The average Bonchev–Trinajstić information content (AvgIpc) is 3.26. The molecule has 0 bridgehead atoms. The Morgan fingerprint density at radius 3 is 2.64 bits per heavy atom. The molecule has 0 radical (unpaired) electrons. The molecular weight excluding hydrogens is 348 g/mol. The minimum absolute atomic E-state index is 0.173. The summed E-state index contributed by atoms with van der Waals surface area (Å²) in [6.07, 6.45) is 2.58. The van der Waals surface area contributed by atoms with Crippen molar-refractivity contribution in [3.05, 3.63) is 59.2 Å². The van der Waals surface area contributed by atoms with E-state index in [4.69, 9.17) is 4.74 Å². The van der Waals surface area contributed by atoms with E-state index in [2.05, 4.69) is 70.8 Å². The summed E-state index contributed by atoms with van der Waals surface area (Å²) in [5.74, 6) is 1.71. The van der Waals surface area contributed by atoms with Gasteiger partial charge in [-0.15, -0.1) is 0 Å². The van der Waals surface area contributed by atoms with E-state index in [0.29, 0.717) is 6.54 Å². The Hall–Kier alpha value is -2.69. The zero-order valence-corrected chi connectivity index (χ0v) is 17.5. The van der Waals surface area contributed by atoms with Gasteiger partial charge in [-0.05, 0) is 61.6 Å². The van der Waals surface area contributed by atoms with Crippen LogP contribution in [-0.2, 0) is 6.54 Å². The summed E-state index contributed by atoms with van der Waals surface area (Å²) >= 11 is 0. The number of guanidine groups is 1. The maximum Gasteiger partial charge on any atom is 0.191 e. The summed E-state index contributed by atoms with van der Waals surface area (Å²) in [7, 11) is 3.51. The molecule has 1 fully saturated rings. The zero-order valence-electron chi connectivity index (χ0n) is 17.5. The number of nitrogens with zero attached hydrogens (tertiary/aromatic N) is 2. The van der Waals surface area contributed by atoms with Crippen molar-refractivity contribution in [2.24, 2.45) is 4.99 Å². The van der Waals surface area contributed by atoms with E-state index in [1.54, 1.807) is 7.11 Å². The highest BCUT2D eigenvalue weighted by atomic mass is 16.5. The number of hydrogen-bond donors (Lipinski definition) is 2. The number of benzene rings is 2. The normalized spacial score (nSPS) is 15.4. The van der Waals surface area contributed by atoms with Crippen LogP contribution in [0.4, 0.5) is 5.69 Å². The van der Waals surface area contributed by atoms with Gasteiger partial charge in [0.15, 0.2) is 5.96 Å². The first kappa shape index (κ1) is 20.1. The maximum atomic E-state index is 5.33. The summed E-state index contributed by atoms with van der Waals surface area (Å²) in [4.78, 5) is 6.85. The van der Waals surface area contributed by atoms with Gasteiger partial charge in [-0.3, -0.25) is 4.99 Å². The molecule has 5 heteroatoms. The second-order valence-corrected chi connectivity index (χ2v) is 7.38. The Morgan fingerprint density at radius 1 is 1.18 bits per heavy atom. The molecule has 1 aliphatic rings. The van der Waals surface area contributed by atoms with Gasteiger partial charge in [0.1, 0.15) is 5.75 Å². The lowest BCUT2D eigenvalue weighted by Gasteiger charge is -2.22. The van der Waals surface area contributed by atoms with E-state index >= 15 is 0 Å². The minimum atomic E-state index is 0.173. The topological polar surface area (TPSA) is 48.9 Å². The van der Waals surface area contributed by atoms with Crippen molar-refractivity contribution in [1.29, 1.82) is 0 Å². The summed E-state index contributed by atoms with van der Waals surface area (Å²) in [6.45, 7) is 7.27. The maximum absolute atomic E-state index is 5.33. The number of hydrogen-bond acceptors (Lipinski definition) is 3. The Labute approximate surface area is 168 Å². The van der Waals surface area contributed by atoms with Crippen molar-refractivity contribution < 1.29 is 4.74 Å². The first-order chi connectivity index (χ1) is 13.6. The lowest BCUT2D eigenvalue weighted by molar-refractivity contribution is 0.411. The summed E-state index contributed by atoms with van der Waals surface area (Å²) in [5, 5.41) is 6.91. The monoisotopic (exact) mass is 380 g/mol. The quantitative estimate of drug-likeness (QED) is 0.587. The number of methoxy groups -OCH3 is 1. The lowest BCUT2D eigenvalue weighted by Crippen LogP contribution is -2.38. The van der Waals surface area contributed by atoms with Crippen LogP contribution in [0.2, 0.25) is 0 Å². The smallest absolute Gasteiger partial charge is 0.191 e. The number of nitrogens with one attached hydrogen (secondary N) is 2. The van der Waals surface area contributed by atoms with Crippen LogP contribution in [0, 0.1) is 6.92 Å². The molecule has 2 aromatic carbocycles. The van der Waals surface area contributed by atoms with Crippen LogP contribution in [0.5, 0.6) is 5.75 Å². The van der Waals surface area contributed by atoms with Gasteiger partial charge in [0.2, 0.25) is 0 Å². The van der Waals surface area contributed by atoms with Crippen molar-refractivity contribution in [3.63, 3.8) is 0 Å². The SMILES string of the molecule is CN=C(NCc1ccc(OC)c(C)c1)NC(C)c1cccc(N2CCCC2)c1. The van der Waals surface area contributed by atoms with Crippen molar-refractivity contribution in [2.75, 3.05) is 32.1 Å². The standard InChI is InChI=1S/C23H32N4O/c1-17-14-19(10-11-22(17)28-4)16-25-23(24-3)26-18(2)20-8-7-9-21(15-20)27-12-5-6-13-27/h7-11,14-15,18H,5-6,12-13,16H2,1-4H3,(H2,24,25,26). The van der Waals surface area contributed by atoms with Crippen molar-refractivity contribution in [1.82, 2.24) is 10.6 Å². The second kappa shape index (κ2) is 9.49. The fraction of sp³-hybridized carbons (Fsp3) is 0.435. The third kappa shape index (κ3) is 4.97. The molecule has 0 amide bonds. The van der Waals surface area contributed by atoms with Crippen LogP contribution in [-0.4, -0.2) is 33.2 Å². The van der Waals surface area contributed by atoms with Crippen molar-refractivity contribution >= 4 is 11.6 Å². The molecule has 1 aliphatic heterocycles. The Balaban J connectivity index is 1.59. The molecule has 150 valence electrons. The molecule has 5 nitrogen and oxygen atoms in total. The van der Waals surface area contributed by atoms with Gasteiger partial charge >= 0.3 is 0 Å². The van der Waals surface area contributed by atoms with Crippen LogP contribution >= 0.6 is 0 Å². The molecule has 28 heavy (non-hydrogen) atoms. The number of aryl methyl sites for hydroxylation is 1. The van der Waals surface area contributed by atoms with Crippen molar-refractivity contribution in [2.45, 2.75) is 39.3 Å². The first-order valence-electron chi connectivity index (χ1n) is 10.1. The molecule has 0 aliphatic carbocycles. The number of rotatable bonds is 6. The molecule has 2 N–H and O–H groups in total. The summed E-state index contributed by atoms with van der Waals surface area (Å²) in [5.41, 5.74) is 4.93. The van der Waals surface area contributed by atoms with Gasteiger partial charge in [-0.25, -0.2) is 0 Å². The first-order valence-corrected chi connectivity index (χ1v) is 10.1. The third-order valence-corrected chi connectivity index (χ3v) is 5.34. The minimum Gasteiger partial charge on any atom is -0.496 e. The average molecular weight is 381 g/mol. The van der Waals surface area contributed by atoms with Gasteiger partial charge in [-0.2, -0.15) is 0 Å². The molecular formula is C23H32N4O. The fourth-order valence-corrected chi connectivity index (χ4v) is 3.69. The van der Waals surface area contributed by atoms with Gasteiger partial charge in [0.05, 0.1) is 13.2 Å². The van der Waals surface area contributed by atoms with Gasteiger partial charge in [0.25, 0.3) is 0 Å². The number of ether oxygens (including phenoxy) is 1. The predicted molar refractivity (Wildman–Crippen MR) is 117 cm³/mol. The molecule has 1 heterocycles. The molecule has 0 saturated carbocycles. The Bertz CT molecular complexity index is 812. The molecule has 1 saturated heterocycles. The van der Waals surface area contributed by atoms with Crippen molar-refractivity contribution in [3.8, 4) is 5.75 Å². The van der Waals surface area contributed by atoms with Gasteiger partial charge < -0.3 is 20.3 Å². The van der Waals surface area contributed by atoms with Gasteiger partial charge in [-0.1, -0.05) is 24.3 Å². The molecule has 1 atom stereocenters. The predicted octanol–water partition coefficient (Wildman–Crippen LogP) is 4.03. The highest BCUT2D eigenvalue weighted by molar-refractivity contribution is 5.80. The zero-order chi connectivity index (χ0) is 19.9. The lowest BCUT2D eigenvalue weighted by atomic mass is 10.1. The van der Waals surface area contributed by atoms with Crippen LogP contribution in [0.1, 0.15) is 42.5 Å². The largest absolute Gasteiger partial charge is 0.496 e. The van der Waals surface area contributed by atoms with Crippen LogP contribution in [0.3, 0.4) is 0 Å². The Morgan fingerprint density at radius 2 is 1.96 bits per heavy atom. The molecule has 2 aromatic rings. The fourth-order valence-electron chi connectivity index (χ4n) is 3.69. The molecule has 1 unspecified atom stereocenters. The van der Waals surface area contributed by atoms with Crippen LogP contribution < -0.4 is 20.3 Å². The highest BCUT2D eigenvalue weighted by Gasteiger charge is 2.14. The molecule has 0 aromatic heterocycles. The van der Waals surface area contributed by atoms with E-state index in [9.17, 15) is 0 Å². The van der Waals surface area contributed by atoms with Crippen LogP contribution in [0.25, 0.3) is 0 Å². The Kier molecular flexibility index (Phi) is 6.80. The summed E-state index contributed by atoms with van der Waals surface area (Å²) in [6, 6.07) is 15.2. The van der Waals surface area contributed by atoms with Gasteiger partial charge in [0, 0.05) is 32.4 Å². The van der Waals surface area contributed by atoms with E-state index in [-0.39, 0.29) is 6.04 Å².